The summed E-state index contributed by atoms with van der Waals surface area (Å²) < 4.78 is 11.2. The Morgan fingerprint density at radius 3 is 2.55 bits per heavy atom. The number of hydrazone groups is 1. The van der Waals surface area contributed by atoms with Gasteiger partial charge in [0.2, 0.25) is 0 Å². The third-order valence-electron chi connectivity index (χ3n) is 3.98. The smallest absolute Gasteiger partial charge is 0.272 e. The molecule has 0 saturated heterocycles. The van der Waals surface area contributed by atoms with E-state index in [4.69, 9.17) is 32.7 Å². The number of nitrogens with zero attached hydrogens (tertiary/aromatic N) is 1. The van der Waals surface area contributed by atoms with Gasteiger partial charge in [-0.3, -0.25) is 4.79 Å². The van der Waals surface area contributed by atoms with E-state index in [1.165, 1.54) is 12.3 Å². The fourth-order valence-electron chi connectivity index (χ4n) is 2.52. The van der Waals surface area contributed by atoms with Gasteiger partial charge in [-0.25, -0.2) is 5.43 Å². The van der Waals surface area contributed by atoms with Gasteiger partial charge in [-0.15, -0.1) is 0 Å². The van der Waals surface area contributed by atoms with E-state index in [9.17, 15) is 4.79 Å². The standard InChI is InChI=1S/C22H18Cl2N2O3/c1-28-20-10-7-16(11-21(20)29-14-15-5-3-2-4-6-15)13-25-26-22(27)18-9-8-17(23)12-19(18)24/h2-13H,14H2,1H3,(H,26,27)/b25-13+. The van der Waals surface area contributed by atoms with Crippen LogP contribution in [0.1, 0.15) is 21.5 Å². The number of amides is 1. The van der Waals surface area contributed by atoms with Crippen LogP contribution in [0.2, 0.25) is 10.0 Å². The maximum Gasteiger partial charge on any atom is 0.272 e. The largest absolute Gasteiger partial charge is 0.493 e. The first-order valence-electron chi connectivity index (χ1n) is 8.70. The number of nitrogens with one attached hydrogen (secondary N) is 1. The Morgan fingerprint density at radius 1 is 1.03 bits per heavy atom. The lowest BCUT2D eigenvalue weighted by Crippen LogP contribution is -2.18. The average molecular weight is 429 g/mol. The number of ether oxygens (including phenoxy) is 2. The van der Waals surface area contributed by atoms with Gasteiger partial charge in [0.1, 0.15) is 6.61 Å². The predicted molar refractivity (Wildman–Crippen MR) is 115 cm³/mol. The lowest BCUT2D eigenvalue weighted by molar-refractivity contribution is 0.0955. The Morgan fingerprint density at radius 2 is 1.83 bits per heavy atom. The van der Waals surface area contributed by atoms with Crippen LogP contribution in [0.15, 0.2) is 71.8 Å². The van der Waals surface area contributed by atoms with Gasteiger partial charge in [-0.2, -0.15) is 5.10 Å². The molecule has 1 amide bonds. The second kappa shape index (κ2) is 9.96. The summed E-state index contributed by atoms with van der Waals surface area (Å²) in [5.74, 6) is 0.749. The molecule has 0 aliphatic carbocycles. The number of methoxy groups -OCH3 is 1. The molecule has 0 heterocycles. The fraction of sp³-hybridized carbons (Fsp3) is 0.0909. The molecule has 148 valence electrons. The first-order chi connectivity index (χ1) is 14.1. The summed E-state index contributed by atoms with van der Waals surface area (Å²) in [5, 5.41) is 4.69. The quantitative estimate of drug-likeness (QED) is 0.407. The van der Waals surface area contributed by atoms with E-state index in [-0.39, 0.29) is 10.6 Å². The van der Waals surface area contributed by atoms with Gasteiger partial charge in [0.25, 0.3) is 5.91 Å². The van der Waals surface area contributed by atoms with E-state index in [0.717, 1.165) is 11.1 Å². The molecule has 0 fully saturated rings. The van der Waals surface area contributed by atoms with Gasteiger partial charge < -0.3 is 9.47 Å². The zero-order valence-corrected chi connectivity index (χ0v) is 17.1. The number of rotatable bonds is 7. The second-order valence-corrected chi connectivity index (χ2v) is 6.85. The van der Waals surface area contributed by atoms with Gasteiger partial charge in [-0.1, -0.05) is 53.5 Å². The van der Waals surface area contributed by atoms with Crippen molar-refractivity contribution < 1.29 is 14.3 Å². The average Bonchev–Trinajstić information content (AvgIpc) is 2.73. The molecule has 3 aromatic carbocycles. The minimum absolute atomic E-state index is 0.256. The highest BCUT2D eigenvalue weighted by Crippen LogP contribution is 2.28. The minimum atomic E-state index is -0.433. The van der Waals surface area contributed by atoms with Crippen molar-refractivity contribution >= 4 is 35.3 Å². The zero-order valence-electron chi connectivity index (χ0n) is 15.6. The summed E-state index contributed by atoms with van der Waals surface area (Å²) in [5.41, 5.74) is 4.51. The number of carbonyl (C=O) groups is 1. The van der Waals surface area contributed by atoms with Crippen molar-refractivity contribution in [1.29, 1.82) is 0 Å². The van der Waals surface area contributed by atoms with Crippen LogP contribution in [-0.2, 0) is 6.61 Å². The van der Waals surface area contributed by atoms with Crippen molar-refractivity contribution in [2.24, 2.45) is 5.10 Å². The summed E-state index contributed by atoms with van der Waals surface area (Å²) in [6, 6.07) is 19.8. The third-order valence-corrected chi connectivity index (χ3v) is 4.53. The molecular formula is C22H18Cl2N2O3. The van der Waals surface area contributed by atoms with E-state index >= 15 is 0 Å². The second-order valence-electron chi connectivity index (χ2n) is 6.01. The van der Waals surface area contributed by atoms with Gasteiger partial charge in [-0.05, 0) is 47.5 Å². The molecule has 0 unspecified atom stereocenters. The molecule has 0 radical (unpaired) electrons. The summed E-state index contributed by atoms with van der Waals surface area (Å²) in [4.78, 5) is 12.2. The van der Waals surface area contributed by atoms with E-state index in [0.29, 0.717) is 23.1 Å². The molecule has 0 bridgehead atoms. The molecule has 3 rings (SSSR count). The van der Waals surface area contributed by atoms with Crippen molar-refractivity contribution in [3.8, 4) is 11.5 Å². The molecule has 29 heavy (non-hydrogen) atoms. The molecule has 0 aliphatic heterocycles. The van der Waals surface area contributed by atoms with Crippen LogP contribution < -0.4 is 14.9 Å². The van der Waals surface area contributed by atoms with Crippen LogP contribution >= 0.6 is 23.2 Å². The molecule has 1 N–H and O–H groups in total. The number of hydrogen-bond acceptors (Lipinski definition) is 4. The van der Waals surface area contributed by atoms with Gasteiger partial charge >= 0.3 is 0 Å². The molecule has 5 nitrogen and oxygen atoms in total. The highest BCUT2D eigenvalue weighted by atomic mass is 35.5. The first-order valence-corrected chi connectivity index (χ1v) is 9.45. The summed E-state index contributed by atoms with van der Waals surface area (Å²) >= 11 is 11.9. The Bertz CT molecular complexity index is 1020. The molecule has 0 aliphatic rings. The Kier molecular flexibility index (Phi) is 7.11. The van der Waals surface area contributed by atoms with Gasteiger partial charge in [0.05, 0.1) is 23.9 Å². The lowest BCUT2D eigenvalue weighted by atomic mass is 10.2. The minimum Gasteiger partial charge on any atom is -0.493 e. The van der Waals surface area contributed by atoms with Crippen LogP contribution in [0.25, 0.3) is 0 Å². The number of halogens is 2. The van der Waals surface area contributed by atoms with Crippen LogP contribution in [0.5, 0.6) is 11.5 Å². The van der Waals surface area contributed by atoms with E-state index in [1.807, 2.05) is 30.3 Å². The van der Waals surface area contributed by atoms with E-state index in [2.05, 4.69) is 10.5 Å². The van der Waals surface area contributed by atoms with E-state index in [1.54, 1.807) is 37.4 Å². The number of benzene rings is 3. The fourth-order valence-corrected chi connectivity index (χ4v) is 3.02. The summed E-state index contributed by atoms with van der Waals surface area (Å²) in [6.07, 6.45) is 1.51. The highest BCUT2D eigenvalue weighted by molar-refractivity contribution is 6.36. The normalized spacial score (nSPS) is 10.7. The van der Waals surface area contributed by atoms with Crippen LogP contribution in [-0.4, -0.2) is 19.2 Å². The van der Waals surface area contributed by atoms with E-state index < -0.39 is 5.91 Å². The van der Waals surface area contributed by atoms with Gasteiger partial charge in [0, 0.05) is 5.02 Å². The Hall–Kier alpha value is -3.02. The molecule has 7 heteroatoms. The maximum atomic E-state index is 12.2. The van der Waals surface area contributed by atoms with Crippen LogP contribution in [0, 0.1) is 0 Å². The highest BCUT2D eigenvalue weighted by Gasteiger charge is 2.10. The monoisotopic (exact) mass is 428 g/mol. The van der Waals surface area contributed by atoms with Crippen LogP contribution in [0.3, 0.4) is 0 Å². The number of hydrogen-bond donors (Lipinski definition) is 1. The van der Waals surface area contributed by atoms with Crippen LogP contribution in [0.4, 0.5) is 0 Å². The van der Waals surface area contributed by atoms with Crippen molar-refractivity contribution in [3.05, 3.63) is 93.5 Å². The molecule has 0 spiro atoms. The maximum absolute atomic E-state index is 12.2. The van der Waals surface area contributed by atoms with Crippen molar-refractivity contribution in [1.82, 2.24) is 5.43 Å². The summed E-state index contributed by atoms with van der Waals surface area (Å²) in [7, 11) is 1.58. The topological polar surface area (TPSA) is 59.9 Å². The molecule has 3 aromatic rings. The van der Waals surface area contributed by atoms with Crippen molar-refractivity contribution in [2.45, 2.75) is 6.61 Å². The predicted octanol–water partition coefficient (Wildman–Crippen LogP) is 5.34. The lowest BCUT2D eigenvalue weighted by Gasteiger charge is -2.11. The molecular weight excluding hydrogens is 411 g/mol. The Labute approximate surface area is 178 Å². The first kappa shape index (κ1) is 20.7. The summed E-state index contributed by atoms with van der Waals surface area (Å²) in [6.45, 7) is 0.406. The Balaban J connectivity index is 1.67. The SMILES string of the molecule is COc1ccc(/C=N/NC(=O)c2ccc(Cl)cc2Cl)cc1OCc1ccccc1. The molecule has 0 aromatic heterocycles. The van der Waals surface area contributed by atoms with Crippen molar-refractivity contribution in [2.75, 3.05) is 7.11 Å². The molecule has 0 saturated carbocycles. The molecule has 0 atom stereocenters. The third kappa shape index (κ3) is 5.73. The van der Waals surface area contributed by atoms with Gasteiger partial charge in [0.15, 0.2) is 11.5 Å². The van der Waals surface area contributed by atoms with Crippen molar-refractivity contribution in [3.63, 3.8) is 0 Å². The number of carbonyl (C=O) groups excluding carboxylic acids is 1. The zero-order chi connectivity index (χ0) is 20.6.